The normalized spacial score (nSPS) is 12.9. The third-order valence-corrected chi connectivity index (χ3v) is 5.22. The lowest BCUT2D eigenvalue weighted by molar-refractivity contribution is 0.0859. The van der Waals surface area contributed by atoms with Crippen molar-refractivity contribution in [2.24, 2.45) is 5.16 Å². The highest BCUT2D eigenvalue weighted by atomic mass is 19.1. The van der Waals surface area contributed by atoms with E-state index in [1.54, 1.807) is 20.8 Å². The van der Waals surface area contributed by atoms with Crippen molar-refractivity contribution in [3.05, 3.63) is 73.9 Å². The highest BCUT2D eigenvalue weighted by Crippen LogP contribution is 2.27. The number of aliphatic hydroxyl groups is 1. The summed E-state index contributed by atoms with van der Waals surface area (Å²) in [4.78, 5) is 36.1. The zero-order valence-electron chi connectivity index (χ0n) is 21.1. The maximum Gasteiger partial charge on any atom is 0.331 e. The first-order chi connectivity index (χ1) is 17.0. The first kappa shape index (κ1) is 26.8. The monoisotopic (exact) mass is 503 g/mol. The summed E-state index contributed by atoms with van der Waals surface area (Å²) in [5.41, 5.74) is -0.923. The Balaban J connectivity index is 2.10. The van der Waals surface area contributed by atoms with Gasteiger partial charge < -0.3 is 19.2 Å². The molecule has 0 fully saturated rings. The van der Waals surface area contributed by atoms with Gasteiger partial charge in [-0.1, -0.05) is 24.2 Å². The molecule has 0 aliphatic rings. The van der Waals surface area contributed by atoms with Gasteiger partial charge >= 0.3 is 5.69 Å². The van der Waals surface area contributed by atoms with Crippen molar-refractivity contribution in [3.63, 3.8) is 0 Å². The van der Waals surface area contributed by atoms with E-state index >= 15 is 0 Å². The maximum absolute atomic E-state index is 13.9. The number of ether oxygens (including phenoxy) is 1. The summed E-state index contributed by atoms with van der Waals surface area (Å²) in [6.45, 7) is 8.30. The Morgan fingerprint density at radius 3 is 2.58 bits per heavy atom. The van der Waals surface area contributed by atoms with Gasteiger partial charge in [0.15, 0.2) is 5.82 Å². The second-order valence-electron chi connectivity index (χ2n) is 8.81. The summed E-state index contributed by atoms with van der Waals surface area (Å²) < 4.78 is 26.3. The van der Waals surface area contributed by atoms with E-state index in [-0.39, 0.29) is 53.5 Å². The van der Waals surface area contributed by atoms with Crippen molar-refractivity contribution in [2.45, 2.75) is 65.8 Å². The summed E-state index contributed by atoms with van der Waals surface area (Å²) in [7, 11) is 1.39. The molecule has 0 saturated heterocycles. The molecule has 2 heterocycles. The van der Waals surface area contributed by atoms with Crippen LogP contribution in [0.3, 0.4) is 0 Å². The largest absolute Gasteiger partial charge is 0.496 e. The first-order valence-corrected chi connectivity index (χ1v) is 11.4. The van der Waals surface area contributed by atoms with Crippen molar-refractivity contribution in [1.29, 1.82) is 0 Å². The van der Waals surface area contributed by atoms with Gasteiger partial charge in [0, 0.05) is 17.7 Å². The highest BCUT2D eigenvalue weighted by molar-refractivity contribution is 5.97. The van der Waals surface area contributed by atoms with E-state index in [2.05, 4.69) is 15.3 Å². The number of hydrogen-bond donors (Lipinski definition) is 1. The summed E-state index contributed by atoms with van der Waals surface area (Å²) in [5, 5.41) is 18.7. The number of nitrogens with zero attached hydrogens (tertiary/aromatic N) is 5. The van der Waals surface area contributed by atoms with E-state index in [9.17, 15) is 19.1 Å². The van der Waals surface area contributed by atoms with Crippen molar-refractivity contribution in [1.82, 2.24) is 19.3 Å². The van der Waals surface area contributed by atoms with E-state index in [4.69, 9.17) is 14.1 Å². The van der Waals surface area contributed by atoms with Crippen LogP contribution in [0, 0.1) is 5.82 Å². The van der Waals surface area contributed by atoms with E-state index in [0.717, 1.165) is 15.2 Å². The molecule has 1 unspecified atom stereocenters. The average molecular weight is 504 g/mol. The molecule has 0 saturated carbocycles. The number of methoxy groups -OCH3 is 1. The van der Waals surface area contributed by atoms with Crippen LogP contribution < -0.4 is 16.0 Å². The highest BCUT2D eigenvalue weighted by Gasteiger charge is 2.21. The fourth-order valence-corrected chi connectivity index (χ4v) is 3.36. The molecule has 2 aromatic heterocycles. The molecular formula is C24H30FN5O6. The molecule has 1 N–H and O–H groups in total. The minimum absolute atomic E-state index is 0.0371. The fourth-order valence-electron chi connectivity index (χ4n) is 3.36. The van der Waals surface area contributed by atoms with Gasteiger partial charge in [0.05, 0.1) is 31.5 Å². The number of aromatic nitrogens is 4. The molecule has 11 nitrogen and oxygen atoms in total. The second kappa shape index (κ2) is 11.3. The topological polar surface area (TPSA) is 134 Å². The number of hydrogen-bond acceptors (Lipinski definition) is 9. The van der Waals surface area contributed by atoms with Crippen LogP contribution in [-0.2, 0) is 17.9 Å². The quantitative estimate of drug-likeness (QED) is 0.330. The Morgan fingerprint density at radius 2 is 1.97 bits per heavy atom. The molecule has 1 atom stereocenters. The van der Waals surface area contributed by atoms with Gasteiger partial charge in [-0.3, -0.25) is 13.9 Å². The predicted molar refractivity (Wildman–Crippen MR) is 129 cm³/mol. The number of rotatable bonds is 10. The minimum atomic E-state index is -1.32. The molecular weight excluding hydrogens is 473 g/mol. The Morgan fingerprint density at radius 1 is 1.25 bits per heavy atom. The fraction of sp³-hybridized carbons (Fsp3) is 0.458. The number of halogens is 1. The van der Waals surface area contributed by atoms with Crippen LogP contribution in [0.5, 0.6) is 5.75 Å². The van der Waals surface area contributed by atoms with E-state index in [0.29, 0.717) is 5.89 Å². The third kappa shape index (κ3) is 6.06. The third-order valence-electron chi connectivity index (χ3n) is 5.22. The summed E-state index contributed by atoms with van der Waals surface area (Å²) in [6, 6.07) is 3.71. The van der Waals surface area contributed by atoms with Crippen LogP contribution in [0.4, 0.5) is 4.39 Å². The summed E-state index contributed by atoms with van der Waals surface area (Å²) in [5.74, 6) is 0.148. The lowest BCUT2D eigenvalue weighted by Gasteiger charge is -2.18. The van der Waals surface area contributed by atoms with Crippen molar-refractivity contribution in [3.8, 4) is 5.75 Å². The molecule has 0 bridgehead atoms. The number of aliphatic hydroxyl groups excluding tert-OH is 1. The van der Waals surface area contributed by atoms with E-state index in [1.165, 1.54) is 25.4 Å². The molecule has 194 valence electrons. The first-order valence-electron chi connectivity index (χ1n) is 11.4. The van der Waals surface area contributed by atoms with Crippen LogP contribution in [-0.4, -0.2) is 43.3 Å². The zero-order chi connectivity index (χ0) is 26.6. The van der Waals surface area contributed by atoms with Gasteiger partial charge in [-0.2, -0.15) is 4.98 Å². The van der Waals surface area contributed by atoms with Gasteiger partial charge in [-0.25, -0.2) is 9.18 Å². The molecule has 1 aromatic carbocycles. The van der Waals surface area contributed by atoms with Gasteiger partial charge in [-0.15, -0.1) is 0 Å². The number of oxime groups is 1. The smallest absolute Gasteiger partial charge is 0.331 e. The summed E-state index contributed by atoms with van der Waals surface area (Å²) >= 11 is 0. The molecule has 0 radical (unpaired) electrons. The predicted octanol–water partition coefficient (Wildman–Crippen LogP) is 2.60. The van der Waals surface area contributed by atoms with Gasteiger partial charge in [0.2, 0.25) is 5.89 Å². The average Bonchev–Trinajstić information content (AvgIpc) is 3.31. The second-order valence-corrected chi connectivity index (χ2v) is 8.81. The SMILES string of the molecule is COc1ccc(F)cc1C(O)Cn1cc(/C(C)=N/OC(C)C)c(=O)n(Cc2noc(C(C)C)n2)c1=O. The Kier molecular flexibility index (Phi) is 8.41. The summed E-state index contributed by atoms with van der Waals surface area (Å²) in [6.07, 6.45) is -0.271. The molecule has 0 amide bonds. The maximum atomic E-state index is 13.9. The van der Waals surface area contributed by atoms with E-state index in [1.807, 2.05) is 13.8 Å². The van der Waals surface area contributed by atoms with Crippen LogP contribution >= 0.6 is 0 Å². The van der Waals surface area contributed by atoms with Crippen LogP contribution in [0.15, 0.2) is 43.7 Å². The van der Waals surface area contributed by atoms with Crippen molar-refractivity contribution < 1.29 is 23.6 Å². The Bertz CT molecular complexity index is 1360. The van der Waals surface area contributed by atoms with Crippen LogP contribution in [0.25, 0.3) is 0 Å². The van der Waals surface area contributed by atoms with Gasteiger partial charge in [0.1, 0.15) is 23.8 Å². The molecule has 0 aliphatic carbocycles. The Hall–Kier alpha value is -3.80. The van der Waals surface area contributed by atoms with E-state index < -0.39 is 23.2 Å². The Labute approximate surface area is 206 Å². The minimum Gasteiger partial charge on any atom is -0.496 e. The lowest BCUT2D eigenvalue weighted by Crippen LogP contribution is -2.43. The molecule has 36 heavy (non-hydrogen) atoms. The molecule has 3 rings (SSSR count). The van der Waals surface area contributed by atoms with Crippen molar-refractivity contribution in [2.75, 3.05) is 7.11 Å². The molecule has 12 heteroatoms. The van der Waals surface area contributed by atoms with Crippen molar-refractivity contribution >= 4 is 5.71 Å². The lowest BCUT2D eigenvalue weighted by atomic mass is 10.1. The van der Waals surface area contributed by atoms with Gasteiger partial charge in [-0.05, 0) is 39.0 Å². The standard InChI is InChI=1S/C24H30FN5O6/c1-13(2)22-26-21(28-36-22)12-30-23(32)18(15(5)27-35-14(3)4)10-29(24(30)33)11-19(31)17-9-16(25)7-8-20(17)34-6/h7-10,13-14,19,31H,11-12H2,1-6H3/b27-15+. The van der Waals surface area contributed by atoms with Crippen LogP contribution in [0.2, 0.25) is 0 Å². The zero-order valence-corrected chi connectivity index (χ0v) is 21.1. The molecule has 0 spiro atoms. The molecule has 0 aliphatic heterocycles. The van der Waals surface area contributed by atoms with Crippen LogP contribution in [0.1, 0.15) is 69.5 Å². The number of benzene rings is 1. The molecule has 3 aromatic rings. The van der Waals surface area contributed by atoms with Gasteiger partial charge in [0.25, 0.3) is 5.56 Å².